The molecule has 0 saturated heterocycles. The molecule has 2 aromatic rings. The average molecular weight is 311 g/mol. The van der Waals surface area contributed by atoms with Crippen LogP contribution in [0.1, 0.15) is 38.2 Å². The van der Waals surface area contributed by atoms with Gasteiger partial charge in [-0.15, -0.1) is 0 Å². The van der Waals surface area contributed by atoms with Crippen molar-refractivity contribution in [2.24, 2.45) is 0 Å². The van der Waals surface area contributed by atoms with Gasteiger partial charge >= 0.3 is 0 Å². The molecule has 0 aromatic heterocycles. The van der Waals surface area contributed by atoms with Gasteiger partial charge in [0.15, 0.2) is 0 Å². The topological polar surface area (TPSA) is 38.3 Å². The van der Waals surface area contributed by atoms with Crippen LogP contribution in [-0.2, 0) is 0 Å². The van der Waals surface area contributed by atoms with Gasteiger partial charge in [0.05, 0.1) is 6.54 Å². The lowest BCUT2D eigenvalue weighted by Gasteiger charge is -2.12. The molecule has 2 rings (SSSR count). The van der Waals surface area contributed by atoms with Crippen molar-refractivity contribution in [1.82, 2.24) is 5.32 Å². The van der Waals surface area contributed by atoms with Gasteiger partial charge in [0.25, 0.3) is 5.91 Å². The van der Waals surface area contributed by atoms with Gasteiger partial charge in [0, 0.05) is 5.56 Å². The van der Waals surface area contributed by atoms with Crippen molar-refractivity contribution in [3.05, 3.63) is 63.7 Å². The normalized spacial score (nSPS) is 10.5. The van der Waals surface area contributed by atoms with Crippen LogP contribution in [0.4, 0.5) is 0 Å². The fraction of sp³-hybridized carbons (Fsp3) is 0.350. The summed E-state index contributed by atoms with van der Waals surface area (Å²) in [6, 6.07) is 10.1. The zero-order valence-electron chi connectivity index (χ0n) is 14.6. The lowest BCUT2D eigenvalue weighted by atomic mass is 10.0. The Morgan fingerprint density at radius 3 is 2.35 bits per heavy atom. The zero-order chi connectivity index (χ0) is 17.0. The fourth-order valence-electron chi connectivity index (χ4n) is 2.49. The predicted octanol–water partition coefficient (Wildman–Crippen LogP) is 4.04. The maximum atomic E-state index is 12.3. The smallest absolute Gasteiger partial charge is 0.251 e. The van der Waals surface area contributed by atoms with Gasteiger partial charge in [-0.1, -0.05) is 18.2 Å². The molecule has 0 aliphatic heterocycles. The van der Waals surface area contributed by atoms with E-state index in [2.05, 4.69) is 24.4 Å². The van der Waals surface area contributed by atoms with Crippen molar-refractivity contribution >= 4 is 5.91 Å². The van der Waals surface area contributed by atoms with Crippen LogP contribution >= 0.6 is 0 Å². The number of nitrogens with one attached hydrogen (secondary N) is 1. The molecule has 0 radical (unpaired) electrons. The quantitative estimate of drug-likeness (QED) is 0.846. The number of aryl methyl sites for hydroxylation is 5. The molecule has 0 fully saturated rings. The molecule has 122 valence electrons. The summed E-state index contributed by atoms with van der Waals surface area (Å²) in [5, 5.41) is 2.93. The standard InChI is InChI=1S/C20H25NO2/c1-13-6-7-14(2)19(10-13)23-9-8-21-20(22)18-12-16(4)15(3)11-17(18)5/h6-7,10-12H,8-9H2,1-5H3,(H,21,22). The summed E-state index contributed by atoms with van der Waals surface area (Å²) in [7, 11) is 0. The molecule has 1 N–H and O–H groups in total. The molecule has 0 bridgehead atoms. The number of carbonyl (C=O) groups excluding carboxylic acids is 1. The molecule has 0 aliphatic carbocycles. The van der Waals surface area contributed by atoms with Crippen LogP contribution in [0.2, 0.25) is 0 Å². The van der Waals surface area contributed by atoms with Gasteiger partial charge in [0.2, 0.25) is 0 Å². The van der Waals surface area contributed by atoms with E-state index in [4.69, 9.17) is 4.74 Å². The fourth-order valence-corrected chi connectivity index (χ4v) is 2.49. The van der Waals surface area contributed by atoms with Crippen molar-refractivity contribution in [2.75, 3.05) is 13.2 Å². The van der Waals surface area contributed by atoms with Crippen LogP contribution in [0.3, 0.4) is 0 Å². The minimum Gasteiger partial charge on any atom is -0.491 e. The highest BCUT2D eigenvalue weighted by Crippen LogP contribution is 2.19. The SMILES string of the molecule is Cc1ccc(C)c(OCCNC(=O)c2cc(C)c(C)cc2C)c1. The van der Waals surface area contributed by atoms with Crippen molar-refractivity contribution in [3.8, 4) is 5.75 Å². The summed E-state index contributed by atoms with van der Waals surface area (Å²) in [6.07, 6.45) is 0. The summed E-state index contributed by atoms with van der Waals surface area (Å²) in [5.74, 6) is 0.830. The first-order valence-corrected chi connectivity index (χ1v) is 7.94. The summed E-state index contributed by atoms with van der Waals surface area (Å²) >= 11 is 0. The van der Waals surface area contributed by atoms with Crippen molar-refractivity contribution < 1.29 is 9.53 Å². The predicted molar refractivity (Wildman–Crippen MR) is 94.4 cm³/mol. The molecule has 0 aliphatic rings. The van der Waals surface area contributed by atoms with Gasteiger partial charge in [-0.25, -0.2) is 0 Å². The number of benzene rings is 2. The third-order valence-electron chi connectivity index (χ3n) is 4.07. The van der Waals surface area contributed by atoms with Crippen LogP contribution in [0.25, 0.3) is 0 Å². The maximum absolute atomic E-state index is 12.3. The molecule has 3 nitrogen and oxygen atoms in total. The molecular weight excluding hydrogens is 286 g/mol. The monoisotopic (exact) mass is 311 g/mol. The zero-order valence-corrected chi connectivity index (χ0v) is 14.6. The Bertz CT molecular complexity index is 720. The minimum atomic E-state index is -0.0461. The number of ether oxygens (including phenoxy) is 1. The number of hydrogen-bond acceptors (Lipinski definition) is 2. The Morgan fingerprint density at radius 2 is 1.61 bits per heavy atom. The van der Waals surface area contributed by atoms with Crippen molar-refractivity contribution in [2.45, 2.75) is 34.6 Å². The van der Waals surface area contributed by atoms with E-state index in [1.165, 1.54) is 11.1 Å². The highest BCUT2D eigenvalue weighted by atomic mass is 16.5. The van der Waals surface area contributed by atoms with Gasteiger partial charge in [-0.3, -0.25) is 4.79 Å². The van der Waals surface area contributed by atoms with E-state index in [0.29, 0.717) is 13.2 Å². The molecule has 0 saturated carbocycles. The maximum Gasteiger partial charge on any atom is 0.251 e. The Labute approximate surface area is 138 Å². The first-order valence-electron chi connectivity index (χ1n) is 7.94. The molecule has 23 heavy (non-hydrogen) atoms. The van der Waals surface area contributed by atoms with Crippen LogP contribution < -0.4 is 10.1 Å². The first-order chi connectivity index (χ1) is 10.9. The van der Waals surface area contributed by atoms with Gasteiger partial charge < -0.3 is 10.1 Å². The number of hydrogen-bond donors (Lipinski definition) is 1. The second kappa shape index (κ2) is 7.32. The van der Waals surface area contributed by atoms with Crippen LogP contribution in [-0.4, -0.2) is 19.1 Å². The molecule has 0 spiro atoms. The summed E-state index contributed by atoms with van der Waals surface area (Å²) in [5.41, 5.74) is 6.35. The summed E-state index contributed by atoms with van der Waals surface area (Å²) in [4.78, 5) is 12.3. The summed E-state index contributed by atoms with van der Waals surface area (Å²) in [6.45, 7) is 11.0. The van der Waals surface area contributed by atoms with E-state index in [9.17, 15) is 4.79 Å². The number of carbonyl (C=O) groups is 1. The highest BCUT2D eigenvalue weighted by molar-refractivity contribution is 5.95. The Balaban J connectivity index is 1.90. The largest absolute Gasteiger partial charge is 0.491 e. The Kier molecular flexibility index (Phi) is 5.43. The molecule has 0 unspecified atom stereocenters. The minimum absolute atomic E-state index is 0.0461. The van der Waals surface area contributed by atoms with Crippen LogP contribution in [0.15, 0.2) is 30.3 Å². The van der Waals surface area contributed by atoms with Gasteiger partial charge in [0.1, 0.15) is 12.4 Å². The molecule has 1 amide bonds. The molecule has 0 heterocycles. The van der Waals surface area contributed by atoms with Crippen LogP contribution in [0.5, 0.6) is 5.75 Å². The van der Waals surface area contributed by atoms with Gasteiger partial charge in [-0.2, -0.15) is 0 Å². The average Bonchev–Trinajstić information content (AvgIpc) is 2.50. The molecular formula is C20H25NO2. The molecule has 2 aromatic carbocycles. The Morgan fingerprint density at radius 1 is 0.913 bits per heavy atom. The lowest BCUT2D eigenvalue weighted by Crippen LogP contribution is -2.28. The van der Waals surface area contributed by atoms with Crippen LogP contribution in [0, 0.1) is 34.6 Å². The number of rotatable bonds is 5. The van der Waals surface area contributed by atoms with E-state index >= 15 is 0 Å². The van der Waals surface area contributed by atoms with E-state index in [1.54, 1.807) is 0 Å². The highest BCUT2D eigenvalue weighted by Gasteiger charge is 2.10. The van der Waals surface area contributed by atoms with E-state index in [1.807, 2.05) is 45.9 Å². The van der Waals surface area contributed by atoms with Crippen molar-refractivity contribution in [1.29, 1.82) is 0 Å². The van der Waals surface area contributed by atoms with E-state index in [0.717, 1.165) is 28.0 Å². The van der Waals surface area contributed by atoms with E-state index < -0.39 is 0 Å². The first kappa shape index (κ1) is 17.1. The second-order valence-electron chi connectivity index (χ2n) is 6.12. The lowest BCUT2D eigenvalue weighted by molar-refractivity contribution is 0.0946. The second-order valence-corrected chi connectivity index (χ2v) is 6.12. The summed E-state index contributed by atoms with van der Waals surface area (Å²) < 4.78 is 5.76. The molecule has 3 heteroatoms. The van der Waals surface area contributed by atoms with E-state index in [-0.39, 0.29) is 5.91 Å². The third-order valence-corrected chi connectivity index (χ3v) is 4.07. The number of amides is 1. The van der Waals surface area contributed by atoms with Crippen molar-refractivity contribution in [3.63, 3.8) is 0 Å². The van der Waals surface area contributed by atoms with Gasteiger partial charge in [-0.05, 0) is 74.6 Å². The third kappa shape index (κ3) is 4.35. The molecule has 0 atom stereocenters. The Hall–Kier alpha value is -2.29.